The van der Waals surface area contributed by atoms with E-state index in [4.69, 9.17) is 9.47 Å². The molecule has 9 heteroatoms. The highest BCUT2D eigenvalue weighted by Gasteiger charge is 2.26. The molecule has 0 aliphatic heterocycles. The highest BCUT2D eigenvalue weighted by atomic mass is 19.1. The van der Waals surface area contributed by atoms with Crippen LogP contribution in [0, 0.1) is 25.6 Å². The number of ether oxygens (including phenoxy) is 2. The number of hydrogen-bond donors (Lipinski definition) is 2. The van der Waals surface area contributed by atoms with Crippen LogP contribution < -0.4 is 15.7 Å². The zero-order valence-corrected chi connectivity index (χ0v) is 25.3. The Labute approximate surface area is 252 Å². The van der Waals surface area contributed by atoms with Crippen molar-refractivity contribution in [3.8, 4) is 11.4 Å². The van der Waals surface area contributed by atoms with Crippen molar-refractivity contribution in [3.05, 3.63) is 105 Å². The fourth-order valence-electron chi connectivity index (χ4n) is 5.79. The van der Waals surface area contributed by atoms with E-state index in [1.165, 1.54) is 23.1 Å². The van der Waals surface area contributed by atoms with E-state index in [0.29, 0.717) is 24.1 Å². The Morgan fingerprint density at radius 1 is 1.02 bits per heavy atom. The standard InChI is InChI=1S/C34H41FN4O4/c1-22-12-11-13-23(2)32(22)36-33(40)27-18-28(35)29(19-30(27)43-24(3)26-16-9-6-10-17-26)39-34(41)38(4)31(37-39)21-42-20-25-14-7-5-8-15-25/h5,7-8,11-15,18-19,24,26,33,36,40H,6,9-10,16-17,20-21H2,1-4H3. The third-order valence-corrected chi connectivity index (χ3v) is 8.40. The molecule has 1 aromatic heterocycles. The lowest BCUT2D eigenvalue weighted by molar-refractivity contribution is 0.0995. The first-order valence-electron chi connectivity index (χ1n) is 15.0. The molecule has 1 fully saturated rings. The molecule has 0 bridgehead atoms. The maximum absolute atomic E-state index is 15.8. The quantitative estimate of drug-likeness (QED) is 0.195. The van der Waals surface area contributed by atoms with Crippen LogP contribution in [-0.2, 0) is 25.0 Å². The average Bonchev–Trinajstić information content (AvgIpc) is 3.29. The van der Waals surface area contributed by atoms with E-state index < -0.39 is 17.7 Å². The van der Waals surface area contributed by atoms with Crippen LogP contribution in [0.3, 0.4) is 0 Å². The molecule has 43 heavy (non-hydrogen) atoms. The van der Waals surface area contributed by atoms with Gasteiger partial charge in [0.1, 0.15) is 23.9 Å². The molecule has 2 atom stereocenters. The van der Waals surface area contributed by atoms with E-state index in [1.54, 1.807) is 7.05 Å². The van der Waals surface area contributed by atoms with Crippen LogP contribution in [0.5, 0.6) is 5.75 Å². The summed E-state index contributed by atoms with van der Waals surface area (Å²) in [4.78, 5) is 13.2. The van der Waals surface area contributed by atoms with Gasteiger partial charge in [-0.05, 0) is 62.3 Å². The van der Waals surface area contributed by atoms with Gasteiger partial charge in [-0.2, -0.15) is 4.68 Å². The minimum absolute atomic E-state index is 0.0521. The van der Waals surface area contributed by atoms with Crippen molar-refractivity contribution in [1.82, 2.24) is 14.3 Å². The van der Waals surface area contributed by atoms with Crippen LogP contribution in [0.25, 0.3) is 5.69 Å². The number of nitrogens with one attached hydrogen (secondary N) is 1. The van der Waals surface area contributed by atoms with Crippen LogP contribution >= 0.6 is 0 Å². The Hall–Kier alpha value is -3.95. The summed E-state index contributed by atoms with van der Waals surface area (Å²) in [5.74, 6) is 0.316. The van der Waals surface area contributed by atoms with Crippen molar-refractivity contribution >= 4 is 5.69 Å². The van der Waals surface area contributed by atoms with Crippen molar-refractivity contribution in [2.75, 3.05) is 5.32 Å². The molecule has 0 saturated heterocycles. The normalized spacial score (nSPS) is 15.3. The smallest absolute Gasteiger partial charge is 0.350 e. The van der Waals surface area contributed by atoms with Gasteiger partial charge in [0.25, 0.3) is 0 Å². The van der Waals surface area contributed by atoms with E-state index in [-0.39, 0.29) is 24.0 Å². The first-order chi connectivity index (χ1) is 20.7. The Morgan fingerprint density at radius 2 is 1.72 bits per heavy atom. The molecule has 5 rings (SSSR count). The molecule has 0 amide bonds. The van der Waals surface area contributed by atoms with Gasteiger partial charge in [-0.25, -0.2) is 9.18 Å². The number of hydrogen-bond acceptors (Lipinski definition) is 6. The second-order valence-corrected chi connectivity index (χ2v) is 11.5. The van der Waals surface area contributed by atoms with Crippen molar-refractivity contribution in [2.45, 2.75) is 78.4 Å². The molecule has 2 unspecified atom stereocenters. The van der Waals surface area contributed by atoms with Crippen LogP contribution in [0.1, 0.15) is 73.3 Å². The fourth-order valence-corrected chi connectivity index (χ4v) is 5.79. The second-order valence-electron chi connectivity index (χ2n) is 11.5. The number of benzene rings is 3. The van der Waals surface area contributed by atoms with Gasteiger partial charge >= 0.3 is 5.69 Å². The molecular formula is C34H41FN4O4. The average molecular weight is 589 g/mol. The zero-order chi connectivity index (χ0) is 30.5. The Morgan fingerprint density at radius 3 is 2.42 bits per heavy atom. The summed E-state index contributed by atoms with van der Waals surface area (Å²) in [5.41, 5.74) is 3.37. The number of aliphatic hydroxyl groups is 1. The van der Waals surface area contributed by atoms with Crippen LogP contribution in [0.15, 0.2) is 65.5 Å². The predicted molar refractivity (Wildman–Crippen MR) is 165 cm³/mol. The SMILES string of the molecule is Cc1cccc(C)c1NC(O)c1cc(F)c(-n2nc(COCc3ccccc3)n(C)c2=O)cc1OC(C)C1CCCCC1. The number of aryl methyl sites for hydroxylation is 2. The van der Waals surface area contributed by atoms with E-state index in [2.05, 4.69) is 10.4 Å². The Bertz CT molecular complexity index is 1570. The van der Waals surface area contributed by atoms with Crippen LogP contribution in [0.4, 0.5) is 10.1 Å². The minimum atomic E-state index is -1.25. The molecule has 1 heterocycles. The Balaban J connectivity index is 1.47. The molecule has 1 aliphatic rings. The molecular weight excluding hydrogens is 547 g/mol. The monoisotopic (exact) mass is 588 g/mol. The van der Waals surface area contributed by atoms with Crippen LogP contribution in [-0.4, -0.2) is 25.6 Å². The third kappa shape index (κ3) is 7.00. The molecule has 3 aromatic carbocycles. The number of aliphatic hydroxyl groups excluding tert-OH is 1. The van der Waals surface area contributed by atoms with Crippen LogP contribution in [0.2, 0.25) is 0 Å². The zero-order valence-electron chi connectivity index (χ0n) is 25.3. The molecule has 8 nitrogen and oxygen atoms in total. The third-order valence-electron chi connectivity index (χ3n) is 8.40. The summed E-state index contributed by atoms with van der Waals surface area (Å²) in [6, 6.07) is 18.2. The first kappa shape index (κ1) is 30.5. The molecule has 228 valence electrons. The van der Waals surface area contributed by atoms with E-state index in [9.17, 15) is 9.90 Å². The van der Waals surface area contributed by atoms with E-state index in [1.807, 2.05) is 69.3 Å². The van der Waals surface area contributed by atoms with Crippen molar-refractivity contribution < 1.29 is 19.0 Å². The highest BCUT2D eigenvalue weighted by molar-refractivity contribution is 5.58. The van der Waals surface area contributed by atoms with Crippen molar-refractivity contribution in [3.63, 3.8) is 0 Å². The van der Waals surface area contributed by atoms with Gasteiger partial charge in [-0.1, -0.05) is 67.8 Å². The maximum Gasteiger partial charge on any atom is 0.350 e. The summed E-state index contributed by atoms with van der Waals surface area (Å²) < 4.78 is 30.5. The number of aromatic nitrogens is 3. The lowest BCUT2D eigenvalue weighted by Crippen LogP contribution is -2.27. The van der Waals surface area contributed by atoms with Gasteiger partial charge in [0, 0.05) is 24.4 Å². The molecule has 1 aliphatic carbocycles. The second kappa shape index (κ2) is 13.6. The molecule has 0 spiro atoms. The minimum Gasteiger partial charge on any atom is -0.490 e. The van der Waals surface area contributed by atoms with Gasteiger partial charge in [0.15, 0.2) is 12.1 Å². The van der Waals surface area contributed by atoms with Crippen molar-refractivity contribution in [1.29, 1.82) is 0 Å². The number of para-hydroxylation sites is 1. The topological polar surface area (TPSA) is 90.5 Å². The number of rotatable bonds is 11. The summed E-state index contributed by atoms with van der Waals surface area (Å²) in [5, 5.41) is 18.9. The summed E-state index contributed by atoms with van der Waals surface area (Å²) in [7, 11) is 1.58. The maximum atomic E-state index is 15.8. The number of anilines is 1. The number of halogens is 1. The lowest BCUT2D eigenvalue weighted by Gasteiger charge is -2.30. The summed E-state index contributed by atoms with van der Waals surface area (Å²) >= 11 is 0. The van der Waals surface area contributed by atoms with Gasteiger partial charge in [-0.15, -0.1) is 5.10 Å². The Kier molecular flexibility index (Phi) is 9.62. The van der Waals surface area contributed by atoms with Gasteiger partial charge < -0.3 is 19.9 Å². The summed E-state index contributed by atoms with van der Waals surface area (Å²) in [6.07, 6.45) is 4.21. The first-order valence-corrected chi connectivity index (χ1v) is 15.0. The number of nitrogens with zero attached hydrogens (tertiary/aromatic N) is 3. The molecule has 2 N–H and O–H groups in total. The fraction of sp³-hybridized carbons (Fsp3) is 0.412. The van der Waals surface area contributed by atoms with Gasteiger partial charge in [-0.3, -0.25) is 4.57 Å². The molecule has 0 radical (unpaired) electrons. The van der Waals surface area contributed by atoms with Gasteiger partial charge in [0.05, 0.1) is 12.7 Å². The highest BCUT2D eigenvalue weighted by Crippen LogP contribution is 2.35. The van der Waals surface area contributed by atoms with E-state index >= 15 is 4.39 Å². The van der Waals surface area contributed by atoms with Crippen molar-refractivity contribution in [2.24, 2.45) is 13.0 Å². The predicted octanol–water partition coefficient (Wildman–Crippen LogP) is 6.49. The molecule has 1 saturated carbocycles. The van der Waals surface area contributed by atoms with Gasteiger partial charge in [0.2, 0.25) is 0 Å². The lowest BCUT2D eigenvalue weighted by atomic mass is 9.86. The largest absolute Gasteiger partial charge is 0.490 e. The summed E-state index contributed by atoms with van der Waals surface area (Å²) in [6.45, 7) is 6.34. The molecule has 4 aromatic rings. The van der Waals surface area contributed by atoms with E-state index in [0.717, 1.165) is 52.7 Å².